The molecular formula is C23H23F2N5O2S. The summed E-state index contributed by atoms with van der Waals surface area (Å²) in [4.78, 5) is 25.4. The molecule has 4 rings (SSSR count). The van der Waals surface area contributed by atoms with Gasteiger partial charge in [0.25, 0.3) is 0 Å². The molecule has 1 aromatic heterocycles. The lowest BCUT2D eigenvalue weighted by Gasteiger charge is -2.36. The Morgan fingerprint density at radius 1 is 1.06 bits per heavy atom. The maximum atomic E-state index is 13.7. The SMILES string of the molecule is COc1ccc(N2CCN(c3ccnc(SCC(=O)Nc4ccc(F)cc4F)n3)CC2)cc1. The second-order valence-electron chi connectivity index (χ2n) is 7.33. The Kier molecular flexibility index (Phi) is 7.23. The molecule has 1 N–H and O–H groups in total. The van der Waals surface area contributed by atoms with E-state index in [9.17, 15) is 13.6 Å². The summed E-state index contributed by atoms with van der Waals surface area (Å²) in [6, 6.07) is 12.9. The Labute approximate surface area is 194 Å². The molecule has 2 heterocycles. The van der Waals surface area contributed by atoms with Crippen molar-refractivity contribution < 1.29 is 18.3 Å². The maximum absolute atomic E-state index is 13.7. The van der Waals surface area contributed by atoms with E-state index < -0.39 is 17.5 Å². The molecule has 1 fully saturated rings. The van der Waals surface area contributed by atoms with E-state index in [0.717, 1.165) is 67.3 Å². The first kappa shape index (κ1) is 22.8. The van der Waals surface area contributed by atoms with Crippen LogP contribution in [-0.2, 0) is 4.79 Å². The molecule has 33 heavy (non-hydrogen) atoms. The summed E-state index contributed by atoms with van der Waals surface area (Å²) in [7, 11) is 1.65. The minimum absolute atomic E-state index is 0.00547. The van der Waals surface area contributed by atoms with Gasteiger partial charge in [-0.05, 0) is 42.5 Å². The molecule has 1 aliphatic rings. The van der Waals surface area contributed by atoms with Gasteiger partial charge in [0, 0.05) is 44.1 Å². The van der Waals surface area contributed by atoms with Gasteiger partial charge in [0.2, 0.25) is 5.91 Å². The van der Waals surface area contributed by atoms with E-state index >= 15 is 0 Å². The Hall–Kier alpha value is -3.40. The molecule has 0 spiro atoms. The molecule has 1 saturated heterocycles. The Morgan fingerprint density at radius 3 is 2.48 bits per heavy atom. The number of ether oxygens (including phenoxy) is 1. The van der Waals surface area contributed by atoms with Crippen molar-refractivity contribution in [2.75, 3.05) is 54.2 Å². The number of anilines is 3. The van der Waals surface area contributed by atoms with Crippen LogP contribution in [0.4, 0.5) is 26.0 Å². The van der Waals surface area contributed by atoms with Gasteiger partial charge in [-0.3, -0.25) is 4.79 Å². The van der Waals surface area contributed by atoms with E-state index in [-0.39, 0.29) is 11.4 Å². The Morgan fingerprint density at radius 2 is 1.79 bits per heavy atom. The number of benzene rings is 2. The molecule has 0 unspecified atom stereocenters. The minimum atomic E-state index is -0.819. The lowest BCUT2D eigenvalue weighted by molar-refractivity contribution is -0.113. The van der Waals surface area contributed by atoms with Crippen LogP contribution in [-0.4, -0.2) is 54.9 Å². The van der Waals surface area contributed by atoms with Gasteiger partial charge < -0.3 is 19.9 Å². The fraction of sp³-hybridized carbons (Fsp3) is 0.261. The van der Waals surface area contributed by atoms with Gasteiger partial charge in [0.05, 0.1) is 18.6 Å². The third-order valence-corrected chi connectivity index (χ3v) is 6.06. The van der Waals surface area contributed by atoms with Crippen molar-refractivity contribution >= 4 is 34.9 Å². The van der Waals surface area contributed by atoms with Crippen LogP contribution in [0.2, 0.25) is 0 Å². The highest BCUT2D eigenvalue weighted by Gasteiger charge is 2.19. The van der Waals surface area contributed by atoms with Gasteiger partial charge >= 0.3 is 0 Å². The van der Waals surface area contributed by atoms with Crippen LogP contribution in [0.5, 0.6) is 5.75 Å². The van der Waals surface area contributed by atoms with Crippen molar-refractivity contribution in [1.29, 1.82) is 0 Å². The average Bonchev–Trinajstić information content (AvgIpc) is 2.85. The van der Waals surface area contributed by atoms with Crippen LogP contribution in [0.3, 0.4) is 0 Å². The highest BCUT2D eigenvalue weighted by atomic mass is 32.2. The van der Waals surface area contributed by atoms with Gasteiger partial charge in [0.1, 0.15) is 23.2 Å². The number of amides is 1. The number of piperazine rings is 1. The molecule has 1 aliphatic heterocycles. The standard InChI is InChI=1S/C23H23F2N5O2S/c1-32-18-5-3-17(4-6-18)29-10-12-30(13-11-29)21-8-9-26-23(28-21)33-15-22(31)27-20-7-2-16(24)14-19(20)25/h2-9,14H,10-13,15H2,1H3,(H,27,31). The summed E-state index contributed by atoms with van der Waals surface area (Å²) in [5.41, 5.74) is 1.09. The summed E-state index contributed by atoms with van der Waals surface area (Å²) in [5, 5.41) is 2.89. The van der Waals surface area contributed by atoms with Crippen LogP contribution < -0.4 is 19.9 Å². The maximum Gasteiger partial charge on any atom is 0.234 e. The Balaban J connectivity index is 1.30. The van der Waals surface area contributed by atoms with Crippen molar-refractivity contribution in [1.82, 2.24) is 9.97 Å². The minimum Gasteiger partial charge on any atom is -0.497 e. The zero-order valence-electron chi connectivity index (χ0n) is 18.0. The number of aromatic nitrogens is 2. The summed E-state index contributed by atoms with van der Waals surface area (Å²) >= 11 is 1.16. The number of hydrogen-bond acceptors (Lipinski definition) is 7. The first-order chi connectivity index (χ1) is 16.0. The molecule has 172 valence electrons. The number of carbonyl (C=O) groups is 1. The number of methoxy groups -OCH3 is 1. The number of carbonyl (C=O) groups excluding carboxylic acids is 1. The summed E-state index contributed by atoms with van der Waals surface area (Å²) in [6.45, 7) is 3.31. The second kappa shape index (κ2) is 10.5. The highest BCUT2D eigenvalue weighted by Crippen LogP contribution is 2.23. The quantitative estimate of drug-likeness (QED) is 0.415. The largest absolute Gasteiger partial charge is 0.497 e. The molecule has 2 aromatic carbocycles. The monoisotopic (exact) mass is 471 g/mol. The highest BCUT2D eigenvalue weighted by molar-refractivity contribution is 7.99. The van der Waals surface area contributed by atoms with E-state index in [2.05, 4.69) is 37.2 Å². The van der Waals surface area contributed by atoms with Crippen molar-refractivity contribution in [2.24, 2.45) is 0 Å². The molecule has 10 heteroatoms. The normalized spacial score (nSPS) is 13.7. The van der Waals surface area contributed by atoms with Crippen LogP contribution in [0.1, 0.15) is 0 Å². The van der Waals surface area contributed by atoms with E-state index in [0.29, 0.717) is 5.16 Å². The van der Waals surface area contributed by atoms with Gasteiger partial charge in [-0.1, -0.05) is 11.8 Å². The molecular weight excluding hydrogens is 448 g/mol. The van der Waals surface area contributed by atoms with Gasteiger partial charge in [-0.15, -0.1) is 0 Å². The van der Waals surface area contributed by atoms with Gasteiger partial charge in [-0.25, -0.2) is 18.7 Å². The molecule has 1 amide bonds. The predicted octanol–water partition coefficient (Wildman–Crippen LogP) is 3.82. The molecule has 0 saturated carbocycles. The van der Waals surface area contributed by atoms with E-state index in [1.807, 2.05) is 18.2 Å². The zero-order valence-corrected chi connectivity index (χ0v) is 18.8. The fourth-order valence-electron chi connectivity index (χ4n) is 3.47. The predicted molar refractivity (Wildman–Crippen MR) is 125 cm³/mol. The van der Waals surface area contributed by atoms with Crippen molar-refractivity contribution in [3.8, 4) is 5.75 Å². The third kappa shape index (κ3) is 5.89. The lowest BCUT2D eigenvalue weighted by Crippen LogP contribution is -2.46. The van der Waals surface area contributed by atoms with Crippen LogP contribution in [0.25, 0.3) is 0 Å². The summed E-state index contributed by atoms with van der Waals surface area (Å²) in [6.07, 6.45) is 1.66. The number of halogens is 2. The van der Waals surface area contributed by atoms with Gasteiger partial charge in [-0.2, -0.15) is 0 Å². The molecule has 0 radical (unpaired) electrons. The number of thioether (sulfide) groups is 1. The van der Waals surface area contributed by atoms with E-state index in [1.165, 1.54) is 6.07 Å². The molecule has 0 atom stereocenters. The Bertz CT molecular complexity index is 1110. The first-order valence-electron chi connectivity index (χ1n) is 10.4. The van der Waals surface area contributed by atoms with Gasteiger partial charge in [0.15, 0.2) is 5.16 Å². The lowest BCUT2D eigenvalue weighted by atomic mass is 10.2. The first-order valence-corrected chi connectivity index (χ1v) is 11.3. The van der Waals surface area contributed by atoms with E-state index in [4.69, 9.17) is 4.74 Å². The summed E-state index contributed by atoms with van der Waals surface area (Å²) < 4.78 is 31.9. The molecule has 0 aliphatic carbocycles. The van der Waals surface area contributed by atoms with E-state index in [1.54, 1.807) is 13.3 Å². The fourth-order valence-corrected chi connectivity index (χ4v) is 4.10. The molecule has 7 nitrogen and oxygen atoms in total. The summed E-state index contributed by atoms with van der Waals surface area (Å²) in [5.74, 6) is -0.305. The van der Waals surface area contributed by atoms with Crippen molar-refractivity contribution in [2.45, 2.75) is 5.16 Å². The van der Waals surface area contributed by atoms with Crippen molar-refractivity contribution in [3.63, 3.8) is 0 Å². The second-order valence-corrected chi connectivity index (χ2v) is 8.27. The molecule has 3 aromatic rings. The van der Waals surface area contributed by atoms with Crippen LogP contribution in [0, 0.1) is 11.6 Å². The van der Waals surface area contributed by atoms with Crippen molar-refractivity contribution in [3.05, 3.63) is 66.4 Å². The zero-order chi connectivity index (χ0) is 23.2. The third-order valence-electron chi connectivity index (χ3n) is 5.20. The number of hydrogen-bond donors (Lipinski definition) is 1. The topological polar surface area (TPSA) is 70.6 Å². The van der Waals surface area contributed by atoms with Crippen LogP contribution in [0.15, 0.2) is 59.9 Å². The van der Waals surface area contributed by atoms with Crippen LogP contribution >= 0.6 is 11.8 Å². The smallest absolute Gasteiger partial charge is 0.234 e. The average molecular weight is 472 g/mol. The number of nitrogens with zero attached hydrogens (tertiary/aromatic N) is 4. The number of rotatable bonds is 7. The molecule has 0 bridgehead atoms. The number of nitrogens with one attached hydrogen (secondary N) is 1.